The van der Waals surface area contributed by atoms with Crippen molar-refractivity contribution in [1.82, 2.24) is 5.06 Å². The van der Waals surface area contributed by atoms with E-state index in [1.54, 1.807) is 12.0 Å². The van der Waals surface area contributed by atoms with E-state index in [0.29, 0.717) is 12.1 Å². The summed E-state index contributed by atoms with van der Waals surface area (Å²) in [5, 5.41) is 1.81. The molecular formula is C24H40BrNO2. The second-order valence-electron chi connectivity index (χ2n) is 7.71. The first-order valence-electron chi connectivity index (χ1n) is 10.6. The van der Waals surface area contributed by atoms with Crippen molar-refractivity contribution in [3.05, 3.63) is 47.0 Å². The quantitative estimate of drug-likeness (QED) is 0.168. The molecule has 0 aliphatic carbocycles. The molecule has 0 fully saturated rings. The van der Waals surface area contributed by atoms with Crippen LogP contribution in [0.25, 0.3) is 0 Å². The van der Waals surface area contributed by atoms with E-state index in [-0.39, 0.29) is 23.0 Å². The third kappa shape index (κ3) is 11.0. The number of hydrogen-bond donors (Lipinski definition) is 0. The van der Waals surface area contributed by atoms with Crippen LogP contribution in [0.5, 0.6) is 0 Å². The Bertz CT molecular complexity index is 586. The molecule has 0 unspecified atom stereocenters. The lowest BCUT2D eigenvalue weighted by atomic mass is 10.0. The fraction of sp³-hybridized carbons (Fsp3) is 0.625. The third-order valence-corrected chi connectivity index (χ3v) is 5.14. The third-order valence-electron chi connectivity index (χ3n) is 5.14. The number of nitrogens with zero attached hydrogens (tertiary/aromatic N) is 1. The minimum Gasteiger partial charge on any atom is -0.364 e. The molecule has 1 rings (SSSR count). The molecule has 0 amide bonds. The summed E-state index contributed by atoms with van der Waals surface area (Å²) in [6.45, 7) is 13.3. The minimum atomic E-state index is -0.337. The van der Waals surface area contributed by atoms with E-state index in [0.717, 1.165) is 13.0 Å². The standard InChI is InChI=1S/C24H39NO2.BrH/c1-6-7-8-9-10-11-12-13-14-18-25(27-24(26)20(2)3)19-23-17-15-16-21(4)22(23)5;/h15-17H,2,6-14,18-19H2,1,3-5H3;1H. The van der Waals surface area contributed by atoms with Gasteiger partial charge in [-0.05, 0) is 43.9 Å². The second-order valence-corrected chi connectivity index (χ2v) is 7.71. The molecule has 1 aromatic rings. The van der Waals surface area contributed by atoms with Gasteiger partial charge in [0.1, 0.15) is 0 Å². The first-order valence-corrected chi connectivity index (χ1v) is 10.6. The van der Waals surface area contributed by atoms with Crippen molar-refractivity contribution in [1.29, 1.82) is 0 Å². The van der Waals surface area contributed by atoms with Crippen LogP contribution in [-0.4, -0.2) is 17.6 Å². The largest absolute Gasteiger partial charge is 0.364 e. The molecule has 4 heteroatoms. The van der Waals surface area contributed by atoms with Crippen molar-refractivity contribution in [2.75, 3.05) is 6.54 Å². The van der Waals surface area contributed by atoms with Gasteiger partial charge in [-0.3, -0.25) is 0 Å². The number of carbonyl (C=O) groups is 1. The summed E-state index contributed by atoms with van der Waals surface area (Å²) in [7, 11) is 0. The molecule has 0 aliphatic rings. The molecule has 0 aliphatic heterocycles. The first kappa shape index (κ1) is 26.9. The van der Waals surface area contributed by atoms with Crippen LogP contribution in [-0.2, 0) is 16.2 Å². The van der Waals surface area contributed by atoms with Gasteiger partial charge in [-0.1, -0.05) is 83.1 Å². The van der Waals surface area contributed by atoms with Crippen LogP contribution >= 0.6 is 17.0 Å². The number of hydrogen-bond acceptors (Lipinski definition) is 3. The smallest absolute Gasteiger partial charge is 0.352 e. The molecule has 0 radical (unpaired) electrons. The molecule has 1 aromatic carbocycles. The van der Waals surface area contributed by atoms with Gasteiger partial charge >= 0.3 is 5.97 Å². The lowest BCUT2D eigenvalue weighted by Gasteiger charge is -2.22. The van der Waals surface area contributed by atoms with Gasteiger partial charge in [-0.25, -0.2) is 4.79 Å². The Balaban J connectivity index is 0.00000729. The zero-order chi connectivity index (χ0) is 20.1. The van der Waals surface area contributed by atoms with Crippen LogP contribution in [0.1, 0.15) is 88.3 Å². The fourth-order valence-corrected chi connectivity index (χ4v) is 3.12. The molecule has 0 bridgehead atoms. The average Bonchev–Trinajstić information content (AvgIpc) is 2.63. The number of benzene rings is 1. The molecule has 0 aromatic heterocycles. The second kappa shape index (κ2) is 15.8. The van der Waals surface area contributed by atoms with Gasteiger partial charge in [0, 0.05) is 12.1 Å². The van der Waals surface area contributed by atoms with Gasteiger partial charge in [0.15, 0.2) is 0 Å². The molecule has 160 valence electrons. The summed E-state index contributed by atoms with van der Waals surface area (Å²) >= 11 is 0. The zero-order valence-electron chi connectivity index (χ0n) is 18.4. The highest BCUT2D eigenvalue weighted by molar-refractivity contribution is 8.93. The van der Waals surface area contributed by atoms with E-state index < -0.39 is 0 Å². The summed E-state index contributed by atoms with van der Waals surface area (Å²) in [5.41, 5.74) is 4.18. The Kier molecular flexibility index (Phi) is 15.1. The monoisotopic (exact) mass is 453 g/mol. The Hall–Kier alpha value is -1.13. The molecule has 0 atom stereocenters. The summed E-state index contributed by atoms with van der Waals surface area (Å²) in [6.07, 6.45) is 11.5. The van der Waals surface area contributed by atoms with E-state index in [2.05, 4.69) is 45.5 Å². The van der Waals surface area contributed by atoms with Crippen molar-refractivity contribution >= 4 is 23.0 Å². The highest BCUT2D eigenvalue weighted by atomic mass is 79.9. The van der Waals surface area contributed by atoms with Crippen molar-refractivity contribution in [3.8, 4) is 0 Å². The molecule has 0 heterocycles. The molecule has 3 nitrogen and oxygen atoms in total. The zero-order valence-corrected chi connectivity index (χ0v) is 20.1. The van der Waals surface area contributed by atoms with E-state index in [9.17, 15) is 4.79 Å². The molecular weight excluding hydrogens is 414 g/mol. The van der Waals surface area contributed by atoms with E-state index >= 15 is 0 Å². The first-order chi connectivity index (χ1) is 13.0. The number of halogens is 1. The van der Waals surface area contributed by atoms with E-state index in [1.807, 2.05) is 0 Å². The number of carbonyl (C=O) groups excluding carboxylic acids is 1. The predicted octanol–water partition coefficient (Wildman–Crippen LogP) is 7.25. The van der Waals surface area contributed by atoms with Crippen molar-refractivity contribution in [2.24, 2.45) is 0 Å². The van der Waals surface area contributed by atoms with E-state index in [1.165, 1.54) is 68.1 Å². The molecule has 0 N–H and O–H groups in total. The highest BCUT2D eigenvalue weighted by Crippen LogP contribution is 2.17. The maximum atomic E-state index is 12.0. The van der Waals surface area contributed by atoms with Gasteiger partial charge in [-0.15, -0.1) is 22.0 Å². The molecule has 0 saturated heterocycles. The van der Waals surface area contributed by atoms with Crippen LogP contribution < -0.4 is 0 Å². The van der Waals surface area contributed by atoms with Crippen LogP contribution in [0.15, 0.2) is 30.4 Å². The highest BCUT2D eigenvalue weighted by Gasteiger charge is 2.14. The van der Waals surface area contributed by atoms with Gasteiger partial charge < -0.3 is 4.84 Å². The Morgan fingerprint density at radius 2 is 1.57 bits per heavy atom. The summed E-state index contributed by atoms with van der Waals surface area (Å²) in [4.78, 5) is 17.6. The van der Waals surface area contributed by atoms with Crippen LogP contribution in [0.4, 0.5) is 0 Å². The summed E-state index contributed by atoms with van der Waals surface area (Å²) in [5.74, 6) is -0.337. The van der Waals surface area contributed by atoms with Crippen molar-refractivity contribution < 1.29 is 9.63 Å². The van der Waals surface area contributed by atoms with Crippen molar-refractivity contribution in [3.63, 3.8) is 0 Å². The lowest BCUT2D eigenvalue weighted by molar-refractivity contribution is -0.189. The maximum Gasteiger partial charge on any atom is 0.352 e. The topological polar surface area (TPSA) is 29.5 Å². The van der Waals surface area contributed by atoms with Gasteiger partial charge in [0.25, 0.3) is 0 Å². The fourth-order valence-electron chi connectivity index (χ4n) is 3.12. The molecule has 0 spiro atoms. The summed E-state index contributed by atoms with van der Waals surface area (Å²) in [6, 6.07) is 6.29. The summed E-state index contributed by atoms with van der Waals surface area (Å²) < 4.78 is 0. The maximum absolute atomic E-state index is 12.0. The molecule has 0 saturated carbocycles. The Morgan fingerprint density at radius 1 is 1.00 bits per heavy atom. The van der Waals surface area contributed by atoms with Crippen LogP contribution in [0.3, 0.4) is 0 Å². The number of aryl methyl sites for hydroxylation is 1. The molecule has 28 heavy (non-hydrogen) atoms. The SMILES string of the molecule is Br.C=C(C)C(=O)ON(CCCCCCCCCCC)Cc1cccc(C)c1C. The Labute approximate surface area is 183 Å². The van der Waals surface area contributed by atoms with Gasteiger partial charge in [-0.2, -0.15) is 0 Å². The normalized spacial score (nSPS) is 10.6. The Morgan fingerprint density at radius 3 is 2.14 bits per heavy atom. The van der Waals surface area contributed by atoms with Crippen LogP contribution in [0, 0.1) is 13.8 Å². The predicted molar refractivity (Wildman–Crippen MR) is 125 cm³/mol. The number of rotatable bonds is 14. The average molecular weight is 454 g/mol. The van der Waals surface area contributed by atoms with Gasteiger partial charge in [0.05, 0.1) is 6.54 Å². The van der Waals surface area contributed by atoms with Gasteiger partial charge in [0.2, 0.25) is 0 Å². The van der Waals surface area contributed by atoms with E-state index in [4.69, 9.17) is 4.84 Å². The van der Waals surface area contributed by atoms with Crippen LogP contribution in [0.2, 0.25) is 0 Å². The minimum absolute atomic E-state index is 0. The number of hydroxylamine groups is 2. The lowest BCUT2D eigenvalue weighted by Crippen LogP contribution is -2.28. The number of unbranched alkanes of at least 4 members (excludes halogenated alkanes) is 8. The van der Waals surface area contributed by atoms with Crippen molar-refractivity contribution in [2.45, 2.75) is 92.0 Å².